The van der Waals surface area contributed by atoms with Crippen LogP contribution in [0.25, 0.3) is 0 Å². The van der Waals surface area contributed by atoms with Crippen molar-refractivity contribution in [3.05, 3.63) is 35.1 Å². The molecule has 1 saturated heterocycles. The van der Waals surface area contributed by atoms with Crippen LogP contribution in [-0.4, -0.2) is 53.6 Å². The molecule has 1 aromatic carbocycles. The monoisotopic (exact) mass is 308 g/mol. The number of carboxylic acid groups (broad SMARTS) is 1. The summed E-state index contributed by atoms with van der Waals surface area (Å²) in [6.45, 7) is 4.50. The van der Waals surface area contributed by atoms with Crippen LogP contribution in [0.2, 0.25) is 0 Å². The first kappa shape index (κ1) is 16.9. The van der Waals surface area contributed by atoms with Crippen LogP contribution < -0.4 is 0 Å². The molecule has 0 saturated carbocycles. The zero-order valence-corrected chi connectivity index (χ0v) is 13.4. The van der Waals surface area contributed by atoms with Crippen molar-refractivity contribution in [1.82, 2.24) is 9.80 Å². The Bertz CT molecular complexity index is 521. The van der Waals surface area contributed by atoms with Crippen molar-refractivity contribution in [1.29, 1.82) is 0 Å². The van der Waals surface area contributed by atoms with E-state index in [0.29, 0.717) is 12.6 Å². The lowest BCUT2D eigenvalue weighted by atomic mass is 10.1. The molecule has 0 aliphatic carbocycles. The van der Waals surface area contributed by atoms with E-state index < -0.39 is 5.97 Å². The maximum absolute atomic E-state index is 13.9. The number of benzene rings is 1. The molecule has 0 amide bonds. The van der Waals surface area contributed by atoms with Gasteiger partial charge in [-0.05, 0) is 52.4 Å². The molecular formula is C17H25FN2O2. The molecule has 22 heavy (non-hydrogen) atoms. The average molecular weight is 308 g/mol. The highest BCUT2D eigenvalue weighted by Crippen LogP contribution is 2.19. The van der Waals surface area contributed by atoms with Gasteiger partial charge in [0, 0.05) is 18.2 Å². The molecule has 1 aliphatic heterocycles. The highest BCUT2D eigenvalue weighted by atomic mass is 19.1. The van der Waals surface area contributed by atoms with Crippen LogP contribution in [0.1, 0.15) is 30.4 Å². The van der Waals surface area contributed by atoms with Crippen molar-refractivity contribution in [2.24, 2.45) is 0 Å². The zero-order valence-electron chi connectivity index (χ0n) is 13.4. The van der Waals surface area contributed by atoms with Gasteiger partial charge in [-0.15, -0.1) is 0 Å². The van der Waals surface area contributed by atoms with Gasteiger partial charge in [-0.25, -0.2) is 4.39 Å². The summed E-state index contributed by atoms with van der Waals surface area (Å²) in [5.74, 6) is -0.931. The lowest BCUT2D eigenvalue weighted by Crippen LogP contribution is -2.36. The molecule has 1 heterocycles. The number of carboxylic acids is 1. The summed E-state index contributed by atoms with van der Waals surface area (Å²) >= 11 is 0. The smallest absolute Gasteiger partial charge is 0.317 e. The molecule has 122 valence electrons. The van der Waals surface area contributed by atoms with Crippen LogP contribution in [0, 0.1) is 12.7 Å². The number of aryl methyl sites for hydroxylation is 1. The molecule has 0 radical (unpaired) electrons. The van der Waals surface area contributed by atoms with E-state index in [0.717, 1.165) is 43.5 Å². The molecular weight excluding hydrogens is 283 g/mol. The van der Waals surface area contributed by atoms with Gasteiger partial charge in [0.05, 0.1) is 6.54 Å². The largest absolute Gasteiger partial charge is 0.480 e. The molecule has 4 nitrogen and oxygen atoms in total. The molecule has 0 spiro atoms. The molecule has 5 heteroatoms. The van der Waals surface area contributed by atoms with Crippen LogP contribution >= 0.6 is 0 Å². The fraction of sp³-hybridized carbons (Fsp3) is 0.588. The molecule has 0 bridgehead atoms. The minimum atomic E-state index is -0.787. The number of likely N-dealkylation sites (N-methyl/N-ethyl adjacent to an activating group) is 1. The van der Waals surface area contributed by atoms with Crippen molar-refractivity contribution in [2.45, 2.75) is 38.8 Å². The predicted molar refractivity (Wildman–Crippen MR) is 84.3 cm³/mol. The third-order valence-corrected chi connectivity index (χ3v) is 4.39. The fourth-order valence-electron chi connectivity index (χ4n) is 3.15. The van der Waals surface area contributed by atoms with Gasteiger partial charge in [0.2, 0.25) is 0 Å². The summed E-state index contributed by atoms with van der Waals surface area (Å²) in [6, 6.07) is 5.53. The molecule has 1 fully saturated rings. The van der Waals surface area contributed by atoms with E-state index >= 15 is 0 Å². The third-order valence-electron chi connectivity index (χ3n) is 4.39. The Kier molecular flexibility index (Phi) is 5.91. The number of halogens is 1. The lowest BCUT2D eigenvalue weighted by molar-refractivity contribution is -0.138. The third kappa shape index (κ3) is 4.78. The number of likely N-dealkylation sites (tertiary alicyclic amines) is 1. The standard InChI is InChI=1S/C17H25FN2O2/c1-13-5-6-16(18)14(10-13)11-20-8-3-4-15(7-9-20)19(2)12-17(21)22/h5-6,10,15H,3-4,7-9,11-12H2,1-2H3,(H,21,22). The van der Waals surface area contributed by atoms with Crippen LogP contribution in [0.3, 0.4) is 0 Å². The van der Waals surface area contributed by atoms with Crippen LogP contribution in [0.4, 0.5) is 4.39 Å². The number of hydrogen-bond donors (Lipinski definition) is 1. The van der Waals surface area contributed by atoms with Gasteiger partial charge in [0.1, 0.15) is 5.82 Å². The van der Waals surface area contributed by atoms with E-state index in [4.69, 9.17) is 5.11 Å². The Hall–Kier alpha value is -1.46. The Labute approximate surface area is 131 Å². The number of hydrogen-bond acceptors (Lipinski definition) is 3. The second-order valence-corrected chi connectivity index (χ2v) is 6.26. The average Bonchev–Trinajstić information content (AvgIpc) is 2.68. The number of nitrogens with zero attached hydrogens (tertiary/aromatic N) is 2. The van der Waals surface area contributed by atoms with Gasteiger partial charge in [-0.3, -0.25) is 14.6 Å². The van der Waals surface area contributed by atoms with E-state index in [1.807, 2.05) is 24.9 Å². The lowest BCUT2D eigenvalue weighted by Gasteiger charge is -2.25. The second kappa shape index (κ2) is 7.70. The van der Waals surface area contributed by atoms with Gasteiger partial charge in [0.15, 0.2) is 0 Å². The van der Waals surface area contributed by atoms with Gasteiger partial charge >= 0.3 is 5.97 Å². The summed E-state index contributed by atoms with van der Waals surface area (Å²) in [4.78, 5) is 15.0. The van der Waals surface area contributed by atoms with Crippen molar-refractivity contribution >= 4 is 5.97 Å². The van der Waals surface area contributed by atoms with Crippen LogP contribution in [0.5, 0.6) is 0 Å². The highest BCUT2D eigenvalue weighted by molar-refractivity contribution is 5.69. The first-order chi connectivity index (χ1) is 10.5. The Morgan fingerprint density at radius 1 is 1.41 bits per heavy atom. The molecule has 1 aliphatic rings. The summed E-state index contributed by atoms with van der Waals surface area (Å²) in [5.41, 5.74) is 1.82. The van der Waals surface area contributed by atoms with Crippen molar-refractivity contribution < 1.29 is 14.3 Å². The molecule has 1 aromatic rings. The first-order valence-electron chi connectivity index (χ1n) is 7.85. The van der Waals surface area contributed by atoms with Crippen molar-refractivity contribution in [3.63, 3.8) is 0 Å². The maximum atomic E-state index is 13.9. The zero-order chi connectivity index (χ0) is 16.1. The minimum Gasteiger partial charge on any atom is -0.480 e. The number of aliphatic carboxylic acids is 1. The number of carbonyl (C=O) groups is 1. The Balaban J connectivity index is 1.93. The fourth-order valence-corrected chi connectivity index (χ4v) is 3.15. The van der Waals surface area contributed by atoms with Gasteiger partial charge in [0.25, 0.3) is 0 Å². The molecule has 0 aromatic heterocycles. The summed E-state index contributed by atoms with van der Waals surface area (Å²) in [7, 11) is 1.87. The van der Waals surface area contributed by atoms with E-state index in [1.165, 1.54) is 6.07 Å². The second-order valence-electron chi connectivity index (χ2n) is 6.26. The van der Waals surface area contributed by atoms with Gasteiger partial charge in [-0.2, -0.15) is 0 Å². The van der Waals surface area contributed by atoms with Gasteiger partial charge < -0.3 is 5.11 Å². The van der Waals surface area contributed by atoms with Crippen molar-refractivity contribution in [2.75, 3.05) is 26.7 Å². The van der Waals surface area contributed by atoms with Crippen molar-refractivity contribution in [3.8, 4) is 0 Å². The van der Waals surface area contributed by atoms with E-state index in [1.54, 1.807) is 6.07 Å². The minimum absolute atomic E-state index is 0.0805. The van der Waals surface area contributed by atoms with Crippen LogP contribution in [-0.2, 0) is 11.3 Å². The first-order valence-corrected chi connectivity index (χ1v) is 7.85. The molecule has 1 N–H and O–H groups in total. The summed E-state index contributed by atoms with van der Waals surface area (Å²) < 4.78 is 13.9. The SMILES string of the molecule is Cc1ccc(F)c(CN2CCCC(N(C)CC(=O)O)CC2)c1. The quantitative estimate of drug-likeness (QED) is 0.908. The highest BCUT2D eigenvalue weighted by Gasteiger charge is 2.22. The Morgan fingerprint density at radius 2 is 2.18 bits per heavy atom. The number of rotatable bonds is 5. The van der Waals surface area contributed by atoms with E-state index in [-0.39, 0.29) is 12.4 Å². The normalized spacial score (nSPS) is 20.1. The molecule has 2 rings (SSSR count). The Morgan fingerprint density at radius 3 is 2.91 bits per heavy atom. The molecule has 1 unspecified atom stereocenters. The summed E-state index contributed by atoms with van der Waals surface area (Å²) in [5, 5.41) is 8.89. The predicted octanol–water partition coefficient (Wildman–Crippen LogP) is 2.51. The van der Waals surface area contributed by atoms with E-state index in [2.05, 4.69) is 4.90 Å². The topological polar surface area (TPSA) is 43.8 Å². The maximum Gasteiger partial charge on any atom is 0.317 e. The van der Waals surface area contributed by atoms with Gasteiger partial charge in [-0.1, -0.05) is 17.7 Å². The van der Waals surface area contributed by atoms with E-state index in [9.17, 15) is 9.18 Å². The summed E-state index contributed by atoms with van der Waals surface area (Å²) in [6.07, 6.45) is 2.94. The van der Waals surface area contributed by atoms with Crippen LogP contribution in [0.15, 0.2) is 18.2 Å². The molecule has 1 atom stereocenters.